The molecule has 1 heterocycles. The van der Waals surface area contributed by atoms with E-state index in [1.165, 1.54) is 6.92 Å². The Bertz CT molecular complexity index is 1180. The van der Waals surface area contributed by atoms with Crippen LogP contribution in [-0.4, -0.2) is 46.4 Å². The van der Waals surface area contributed by atoms with Crippen molar-refractivity contribution in [3.8, 4) is 0 Å². The summed E-state index contributed by atoms with van der Waals surface area (Å²) >= 11 is 0. The van der Waals surface area contributed by atoms with Crippen molar-refractivity contribution < 1.29 is 38.4 Å². The number of rotatable bonds is 11. The number of benzene rings is 2. The first-order chi connectivity index (χ1) is 18.0. The van der Waals surface area contributed by atoms with E-state index in [-0.39, 0.29) is 24.7 Å². The first kappa shape index (κ1) is 28.4. The molecule has 1 aliphatic rings. The predicted molar refractivity (Wildman–Crippen MR) is 132 cm³/mol. The molecule has 0 N–H and O–H groups in total. The topological polar surface area (TPSA) is 165 Å². The highest BCUT2D eigenvalue weighted by atomic mass is 16.6. The molecule has 0 bridgehead atoms. The van der Waals surface area contributed by atoms with E-state index in [4.69, 9.17) is 14.2 Å². The molecule has 0 spiro atoms. The molecule has 1 saturated heterocycles. The van der Waals surface area contributed by atoms with Gasteiger partial charge < -0.3 is 14.2 Å². The summed E-state index contributed by atoms with van der Waals surface area (Å²) in [5.74, 6) is -4.14. The summed E-state index contributed by atoms with van der Waals surface area (Å²) in [5.41, 5.74) is -0.781. The van der Waals surface area contributed by atoms with E-state index >= 15 is 0 Å². The number of hydrogen-bond acceptors (Lipinski definition) is 10. The third kappa shape index (κ3) is 6.97. The van der Waals surface area contributed by atoms with E-state index < -0.39 is 62.8 Å². The smallest absolute Gasteiger partial charge is 0.338 e. The average Bonchev–Trinajstić information content (AvgIpc) is 2.87. The van der Waals surface area contributed by atoms with Gasteiger partial charge in [-0.2, -0.15) is 0 Å². The molecular weight excluding hydrogens is 500 g/mol. The maximum atomic E-state index is 13.0. The Labute approximate surface area is 218 Å². The minimum atomic E-state index is -1.12. The van der Waals surface area contributed by atoms with Crippen LogP contribution in [0.2, 0.25) is 0 Å². The van der Waals surface area contributed by atoms with Crippen LogP contribution in [0.5, 0.6) is 0 Å². The van der Waals surface area contributed by atoms with Crippen LogP contribution >= 0.6 is 0 Å². The zero-order valence-corrected chi connectivity index (χ0v) is 21.1. The number of ether oxygens (including phenoxy) is 3. The molecule has 12 heteroatoms. The molecule has 2 aromatic carbocycles. The number of cyclic esters (lactones) is 1. The molecule has 0 aliphatic carbocycles. The Balaban J connectivity index is 1.81. The number of hydrogen-bond donors (Lipinski definition) is 0. The second-order valence-electron chi connectivity index (χ2n) is 9.37. The molecular formula is C26H28N2O10. The van der Waals surface area contributed by atoms with Gasteiger partial charge in [-0.1, -0.05) is 44.2 Å². The largest absolute Gasteiger partial charge is 0.461 e. The summed E-state index contributed by atoms with van der Waals surface area (Å²) < 4.78 is 17.1. The SMILES string of the molecule is CC(=O)CC1C(=O)OC(C(C)COCc2ccccc2)C(C)C1OC(=O)c1cc([N+](=O)[O-])cc([N+](=O)[O-])c1. The summed E-state index contributed by atoms with van der Waals surface area (Å²) in [6, 6.07) is 11.9. The van der Waals surface area contributed by atoms with E-state index in [9.17, 15) is 34.6 Å². The van der Waals surface area contributed by atoms with E-state index in [0.717, 1.165) is 23.8 Å². The minimum absolute atomic E-state index is 0.228. The second-order valence-corrected chi connectivity index (χ2v) is 9.37. The number of carbonyl (C=O) groups excluding carboxylic acids is 3. The fraction of sp³-hybridized carbons (Fsp3) is 0.423. The number of esters is 2. The summed E-state index contributed by atoms with van der Waals surface area (Å²) in [4.78, 5) is 58.5. The number of ketones is 1. The van der Waals surface area contributed by atoms with E-state index in [2.05, 4.69) is 0 Å². The van der Waals surface area contributed by atoms with Gasteiger partial charge in [0.15, 0.2) is 0 Å². The van der Waals surface area contributed by atoms with Crippen LogP contribution in [0.3, 0.4) is 0 Å². The van der Waals surface area contributed by atoms with Gasteiger partial charge in [-0.15, -0.1) is 0 Å². The van der Waals surface area contributed by atoms with Crippen molar-refractivity contribution in [3.63, 3.8) is 0 Å². The van der Waals surface area contributed by atoms with Gasteiger partial charge in [-0.05, 0) is 12.5 Å². The van der Waals surface area contributed by atoms with Gasteiger partial charge in [0.1, 0.15) is 23.9 Å². The standard InChI is InChI=1S/C26H28N2O10/c1-15(13-36-14-18-7-5-4-6-8-18)23-17(3)24(22(9-16(2)29)26(31)37-23)38-25(30)19-10-20(27(32)33)12-21(11-19)28(34)35/h4-8,10-12,15,17,22-24H,9,13-14H2,1-3H3. The van der Waals surface area contributed by atoms with E-state index in [1.54, 1.807) is 6.92 Å². The normalized spacial score (nSPS) is 21.7. The highest BCUT2D eigenvalue weighted by Crippen LogP contribution is 2.36. The fourth-order valence-corrected chi connectivity index (χ4v) is 4.50. The van der Waals surface area contributed by atoms with Gasteiger partial charge in [-0.3, -0.25) is 29.8 Å². The van der Waals surface area contributed by atoms with Crippen LogP contribution in [0.15, 0.2) is 48.5 Å². The molecule has 202 valence electrons. The van der Waals surface area contributed by atoms with Crippen LogP contribution in [0.1, 0.15) is 43.1 Å². The lowest BCUT2D eigenvalue weighted by atomic mass is 9.79. The lowest BCUT2D eigenvalue weighted by molar-refractivity contribution is -0.394. The second kappa shape index (κ2) is 12.4. The van der Waals surface area contributed by atoms with Crippen LogP contribution in [-0.2, 0) is 30.4 Å². The average molecular weight is 529 g/mol. The number of nitrogens with zero attached hydrogens (tertiary/aromatic N) is 2. The lowest BCUT2D eigenvalue weighted by Gasteiger charge is -2.41. The van der Waals surface area contributed by atoms with Crippen molar-refractivity contribution in [2.24, 2.45) is 17.8 Å². The Morgan fingerprint density at radius 2 is 1.66 bits per heavy atom. The van der Waals surface area contributed by atoms with Crippen LogP contribution in [0, 0.1) is 38.0 Å². The first-order valence-corrected chi connectivity index (χ1v) is 11.9. The van der Waals surface area contributed by atoms with Crippen molar-refractivity contribution >= 4 is 29.1 Å². The summed E-state index contributed by atoms with van der Waals surface area (Å²) in [6.45, 7) is 5.37. The number of Topliss-reactive ketones (excluding diaryl/α,β-unsaturated/α-hetero) is 1. The van der Waals surface area contributed by atoms with Crippen molar-refractivity contribution in [2.75, 3.05) is 6.61 Å². The van der Waals surface area contributed by atoms with Gasteiger partial charge in [0.25, 0.3) is 11.4 Å². The molecule has 5 atom stereocenters. The molecule has 3 rings (SSSR count). The van der Waals surface area contributed by atoms with Gasteiger partial charge in [-0.25, -0.2) is 4.79 Å². The Morgan fingerprint density at radius 3 is 2.21 bits per heavy atom. The van der Waals surface area contributed by atoms with Crippen LogP contribution in [0.25, 0.3) is 0 Å². The number of non-ortho nitro benzene ring substituents is 2. The summed E-state index contributed by atoms with van der Waals surface area (Å²) in [7, 11) is 0. The molecule has 0 radical (unpaired) electrons. The highest BCUT2D eigenvalue weighted by Gasteiger charge is 2.48. The molecule has 0 saturated carbocycles. The van der Waals surface area contributed by atoms with E-state index in [1.807, 2.05) is 37.3 Å². The minimum Gasteiger partial charge on any atom is -0.461 e. The quantitative estimate of drug-likeness (QED) is 0.236. The number of nitro benzene ring substituents is 2. The van der Waals surface area contributed by atoms with Crippen molar-refractivity contribution in [1.29, 1.82) is 0 Å². The van der Waals surface area contributed by atoms with Gasteiger partial charge >= 0.3 is 11.9 Å². The van der Waals surface area contributed by atoms with E-state index in [0.29, 0.717) is 6.61 Å². The summed E-state index contributed by atoms with van der Waals surface area (Å²) in [6.07, 6.45) is -2.09. The van der Waals surface area contributed by atoms with Gasteiger partial charge in [0, 0.05) is 30.4 Å². The molecule has 38 heavy (non-hydrogen) atoms. The maximum absolute atomic E-state index is 13.0. The van der Waals surface area contributed by atoms with Crippen molar-refractivity contribution in [3.05, 3.63) is 79.9 Å². The molecule has 12 nitrogen and oxygen atoms in total. The van der Waals surface area contributed by atoms with Gasteiger partial charge in [0.05, 0.1) is 34.7 Å². The third-order valence-electron chi connectivity index (χ3n) is 6.35. The zero-order valence-electron chi connectivity index (χ0n) is 21.1. The predicted octanol–water partition coefficient (Wildman–Crippen LogP) is 4.04. The lowest BCUT2D eigenvalue weighted by Crippen LogP contribution is -2.52. The molecule has 5 unspecified atom stereocenters. The number of nitro groups is 2. The molecule has 1 aliphatic heterocycles. The van der Waals surface area contributed by atoms with Crippen LogP contribution in [0.4, 0.5) is 11.4 Å². The molecule has 2 aromatic rings. The van der Waals surface area contributed by atoms with Crippen LogP contribution < -0.4 is 0 Å². The zero-order chi connectivity index (χ0) is 28.0. The van der Waals surface area contributed by atoms with Gasteiger partial charge in [0.2, 0.25) is 0 Å². The monoisotopic (exact) mass is 528 g/mol. The first-order valence-electron chi connectivity index (χ1n) is 11.9. The Morgan fingerprint density at radius 1 is 1.05 bits per heavy atom. The molecule has 1 fully saturated rings. The highest BCUT2D eigenvalue weighted by molar-refractivity contribution is 5.92. The maximum Gasteiger partial charge on any atom is 0.338 e. The fourth-order valence-electron chi connectivity index (χ4n) is 4.50. The van der Waals surface area contributed by atoms with Crippen molar-refractivity contribution in [2.45, 2.75) is 46.0 Å². The number of carbonyl (C=O) groups is 3. The molecule has 0 amide bonds. The Kier molecular flexibility index (Phi) is 9.24. The van der Waals surface area contributed by atoms with Crippen molar-refractivity contribution in [1.82, 2.24) is 0 Å². The molecule has 0 aromatic heterocycles. The summed E-state index contributed by atoms with van der Waals surface area (Å²) in [5, 5.41) is 22.4. The Hall–Kier alpha value is -4.19. The third-order valence-corrected chi connectivity index (χ3v) is 6.35.